The predicted molar refractivity (Wildman–Crippen MR) is 82.9 cm³/mol. The molecular formula is C15H32N2O4. The number of hydrogen-bond donors (Lipinski definition) is 2. The largest absolute Gasteiger partial charge is 0.379 e. The van der Waals surface area contributed by atoms with Crippen LogP contribution in [0.1, 0.15) is 40.5 Å². The Morgan fingerprint density at radius 3 is 1.90 bits per heavy atom. The van der Waals surface area contributed by atoms with E-state index in [9.17, 15) is 4.79 Å². The Morgan fingerprint density at radius 2 is 1.38 bits per heavy atom. The highest BCUT2D eigenvalue weighted by molar-refractivity contribution is 5.75. The van der Waals surface area contributed by atoms with E-state index in [1.807, 2.05) is 13.8 Å². The van der Waals surface area contributed by atoms with Crippen LogP contribution in [0.4, 0.5) is 0 Å². The summed E-state index contributed by atoms with van der Waals surface area (Å²) in [4.78, 5) is 11.3. The summed E-state index contributed by atoms with van der Waals surface area (Å²) in [6.45, 7) is 11.7. The Balaban J connectivity index is 3.13. The first-order chi connectivity index (χ1) is 10.0. The zero-order chi connectivity index (χ0) is 15.9. The lowest BCUT2D eigenvalue weighted by Crippen LogP contribution is -2.41. The molecule has 0 aliphatic carbocycles. The van der Waals surface area contributed by atoms with Crippen LogP contribution < -0.4 is 10.9 Å². The Labute approximate surface area is 128 Å². The van der Waals surface area contributed by atoms with E-state index in [2.05, 4.69) is 24.7 Å². The fourth-order valence-corrected chi connectivity index (χ4v) is 1.31. The Bertz CT molecular complexity index is 248. The van der Waals surface area contributed by atoms with E-state index in [-0.39, 0.29) is 11.9 Å². The molecule has 0 radical (unpaired) electrons. The minimum atomic E-state index is -0.0665. The lowest BCUT2D eigenvalue weighted by Gasteiger charge is -2.10. The molecule has 0 spiro atoms. The molecule has 0 aromatic carbocycles. The molecule has 0 rings (SSSR count). The minimum absolute atomic E-state index is 0.0665. The van der Waals surface area contributed by atoms with Crippen LogP contribution in [0, 0.1) is 5.92 Å². The lowest BCUT2D eigenvalue weighted by atomic mass is 10.1. The normalized spacial score (nSPS) is 11.3. The van der Waals surface area contributed by atoms with Gasteiger partial charge in [-0.1, -0.05) is 13.8 Å². The van der Waals surface area contributed by atoms with Crippen molar-refractivity contribution in [3.05, 3.63) is 0 Å². The molecule has 126 valence electrons. The van der Waals surface area contributed by atoms with Crippen LogP contribution in [0.15, 0.2) is 0 Å². The molecule has 21 heavy (non-hydrogen) atoms. The van der Waals surface area contributed by atoms with Gasteiger partial charge in [-0.2, -0.15) is 0 Å². The van der Waals surface area contributed by atoms with E-state index in [1.54, 1.807) is 0 Å². The number of hydrazine groups is 1. The maximum atomic E-state index is 11.3. The van der Waals surface area contributed by atoms with Crippen molar-refractivity contribution in [2.24, 2.45) is 5.92 Å². The van der Waals surface area contributed by atoms with Gasteiger partial charge in [0.25, 0.3) is 0 Å². The van der Waals surface area contributed by atoms with Crippen molar-refractivity contribution in [2.45, 2.75) is 46.6 Å². The second-order valence-electron chi connectivity index (χ2n) is 5.62. The highest BCUT2D eigenvalue weighted by Gasteiger charge is 2.01. The van der Waals surface area contributed by atoms with Gasteiger partial charge in [0.05, 0.1) is 39.5 Å². The summed E-state index contributed by atoms with van der Waals surface area (Å²) in [5, 5.41) is 0. The van der Waals surface area contributed by atoms with Crippen molar-refractivity contribution < 1.29 is 19.0 Å². The van der Waals surface area contributed by atoms with Crippen LogP contribution in [0.2, 0.25) is 0 Å². The monoisotopic (exact) mass is 304 g/mol. The zero-order valence-corrected chi connectivity index (χ0v) is 13.9. The van der Waals surface area contributed by atoms with E-state index in [0.29, 0.717) is 45.4 Å². The van der Waals surface area contributed by atoms with Crippen molar-refractivity contribution in [3.8, 4) is 0 Å². The van der Waals surface area contributed by atoms with E-state index >= 15 is 0 Å². The summed E-state index contributed by atoms with van der Waals surface area (Å²) in [7, 11) is 0. The predicted octanol–water partition coefficient (Wildman–Crippen LogP) is 1.50. The highest BCUT2D eigenvalue weighted by atomic mass is 16.5. The number of amides is 1. The molecule has 0 heterocycles. The van der Waals surface area contributed by atoms with Gasteiger partial charge in [0, 0.05) is 12.6 Å². The van der Waals surface area contributed by atoms with Gasteiger partial charge < -0.3 is 14.2 Å². The van der Waals surface area contributed by atoms with Gasteiger partial charge in [-0.05, 0) is 26.2 Å². The fraction of sp³-hybridized carbons (Fsp3) is 0.933. The SMILES string of the molecule is CC(C)CCOCCOCCOCCC(=O)NNC(C)C. The molecule has 2 N–H and O–H groups in total. The van der Waals surface area contributed by atoms with Gasteiger partial charge in [-0.3, -0.25) is 10.2 Å². The summed E-state index contributed by atoms with van der Waals surface area (Å²) in [6.07, 6.45) is 1.43. The average molecular weight is 304 g/mol. The number of hydrogen-bond acceptors (Lipinski definition) is 5. The van der Waals surface area contributed by atoms with E-state index < -0.39 is 0 Å². The summed E-state index contributed by atoms with van der Waals surface area (Å²) in [5.74, 6) is 0.607. The van der Waals surface area contributed by atoms with Crippen LogP contribution in [0.3, 0.4) is 0 Å². The number of ether oxygens (including phenoxy) is 3. The van der Waals surface area contributed by atoms with Gasteiger partial charge in [0.1, 0.15) is 0 Å². The standard InChI is InChI=1S/C15H32N2O4/c1-13(2)5-7-19-9-11-21-12-10-20-8-6-15(18)17-16-14(3)4/h13-14,16H,5-12H2,1-4H3,(H,17,18). The second-order valence-corrected chi connectivity index (χ2v) is 5.62. The molecule has 0 aliphatic heterocycles. The van der Waals surface area contributed by atoms with Gasteiger partial charge >= 0.3 is 0 Å². The molecule has 0 aromatic rings. The van der Waals surface area contributed by atoms with Crippen LogP contribution in [0.5, 0.6) is 0 Å². The molecule has 0 aliphatic rings. The third-order valence-electron chi connectivity index (χ3n) is 2.56. The molecule has 0 aromatic heterocycles. The molecule has 0 unspecified atom stereocenters. The van der Waals surface area contributed by atoms with Crippen molar-refractivity contribution >= 4 is 5.91 Å². The topological polar surface area (TPSA) is 68.8 Å². The van der Waals surface area contributed by atoms with Gasteiger partial charge in [0.15, 0.2) is 0 Å². The zero-order valence-electron chi connectivity index (χ0n) is 13.9. The molecule has 0 saturated heterocycles. The first-order valence-electron chi connectivity index (χ1n) is 7.80. The van der Waals surface area contributed by atoms with E-state index in [4.69, 9.17) is 14.2 Å². The maximum absolute atomic E-state index is 11.3. The first kappa shape index (κ1) is 20.3. The molecule has 0 fully saturated rings. The van der Waals surface area contributed by atoms with Crippen LogP contribution in [-0.4, -0.2) is 51.6 Å². The maximum Gasteiger partial charge on any atom is 0.236 e. The number of carbonyl (C=O) groups excluding carboxylic acids is 1. The van der Waals surface area contributed by atoms with Gasteiger partial charge in [0.2, 0.25) is 5.91 Å². The van der Waals surface area contributed by atoms with Crippen molar-refractivity contribution in [3.63, 3.8) is 0 Å². The van der Waals surface area contributed by atoms with Gasteiger partial charge in [-0.25, -0.2) is 5.43 Å². The van der Waals surface area contributed by atoms with Crippen molar-refractivity contribution in [1.82, 2.24) is 10.9 Å². The third kappa shape index (κ3) is 17.3. The summed E-state index contributed by atoms with van der Waals surface area (Å²) < 4.78 is 16.1. The van der Waals surface area contributed by atoms with E-state index in [1.165, 1.54) is 0 Å². The second kappa shape index (κ2) is 14.3. The summed E-state index contributed by atoms with van der Waals surface area (Å²) >= 11 is 0. The first-order valence-corrected chi connectivity index (χ1v) is 7.80. The molecule has 1 amide bonds. The van der Waals surface area contributed by atoms with E-state index in [0.717, 1.165) is 13.0 Å². The fourth-order valence-electron chi connectivity index (χ4n) is 1.31. The minimum Gasteiger partial charge on any atom is -0.379 e. The average Bonchev–Trinajstić information content (AvgIpc) is 2.42. The molecular weight excluding hydrogens is 272 g/mol. The molecule has 6 nitrogen and oxygen atoms in total. The number of rotatable bonds is 14. The van der Waals surface area contributed by atoms with Crippen molar-refractivity contribution in [2.75, 3.05) is 39.6 Å². The quantitative estimate of drug-likeness (QED) is 0.376. The van der Waals surface area contributed by atoms with Gasteiger partial charge in [-0.15, -0.1) is 0 Å². The number of carbonyl (C=O) groups is 1. The molecule has 0 atom stereocenters. The molecule has 0 bridgehead atoms. The summed E-state index contributed by atoms with van der Waals surface area (Å²) in [6, 6.07) is 0.228. The number of nitrogens with one attached hydrogen (secondary N) is 2. The van der Waals surface area contributed by atoms with Crippen LogP contribution in [0.25, 0.3) is 0 Å². The van der Waals surface area contributed by atoms with Crippen LogP contribution >= 0.6 is 0 Å². The van der Waals surface area contributed by atoms with Crippen molar-refractivity contribution in [1.29, 1.82) is 0 Å². The summed E-state index contributed by atoms with van der Waals surface area (Å²) in [5.41, 5.74) is 5.45. The highest BCUT2D eigenvalue weighted by Crippen LogP contribution is 1.98. The lowest BCUT2D eigenvalue weighted by molar-refractivity contribution is -0.123. The smallest absolute Gasteiger partial charge is 0.236 e. The Hall–Kier alpha value is -0.690. The molecule has 0 saturated carbocycles. The third-order valence-corrected chi connectivity index (χ3v) is 2.56. The van der Waals surface area contributed by atoms with Crippen LogP contribution in [-0.2, 0) is 19.0 Å². The Morgan fingerprint density at radius 1 is 0.857 bits per heavy atom. The molecule has 6 heteroatoms. The Kier molecular flexibility index (Phi) is 13.8.